The molecule has 0 saturated heterocycles. The molecule has 2 rings (SSSR count). The maximum Gasteiger partial charge on any atom is 0.312 e. The summed E-state index contributed by atoms with van der Waals surface area (Å²) in [7, 11) is 0. The quantitative estimate of drug-likeness (QED) is 0.727. The Labute approximate surface area is 128 Å². The van der Waals surface area contributed by atoms with Crippen molar-refractivity contribution in [3.63, 3.8) is 0 Å². The number of nitrogens with zero attached hydrogens (tertiary/aromatic N) is 2. The highest BCUT2D eigenvalue weighted by atomic mass is 16.2. The van der Waals surface area contributed by atoms with E-state index in [0.717, 1.165) is 11.3 Å². The molecule has 1 atom stereocenters. The Morgan fingerprint density at radius 3 is 2.73 bits per heavy atom. The van der Waals surface area contributed by atoms with Gasteiger partial charge >= 0.3 is 6.03 Å². The van der Waals surface area contributed by atoms with E-state index in [0.29, 0.717) is 13.0 Å². The van der Waals surface area contributed by atoms with E-state index in [9.17, 15) is 9.59 Å². The van der Waals surface area contributed by atoms with E-state index in [1.165, 1.54) is 0 Å². The Bertz CT molecular complexity index is 638. The number of aromatic nitrogens is 2. The number of hydrogen-bond donors (Lipinski definition) is 3. The van der Waals surface area contributed by atoms with Gasteiger partial charge in [0.15, 0.2) is 0 Å². The first-order chi connectivity index (χ1) is 10.6. The van der Waals surface area contributed by atoms with E-state index in [2.05, 4.69) is 15.7 Å². The minimum Gasteiger partial charge on any atom is -0.354 e. The summed E-state index contributed by atoms with van der Waals surface area (Å²) in [4.78, 5) is 22.4. The molecule has 1 heterocycles. The maximum atomic E-state index is 11.7. The number of para-hydroxylation sites is 1. The Balaban J connectivity index is 1.82. The minimum absolute atomic E-state index is 0.269. The smallest absolute Gasteiger partial charge is 0.312 e. The Morgan fingerprint density at radius 2 is 2.05 bits per heavy atom. The fourth-order valence-corrected chi connectivity index (χ4v) is 1.97. The van der Waals surface area contributed by atoms with E-state index < -0.39 is 12.1 Å². The largest absolute Gasteiger partial charge is 0.354 e. The van der Waals surface area contributed by atoms with Crippen LogP contribution in [0.4, 0.5) is 4.79 Å². The van der Waals surface area contributed by atoms with E-state index in [-0.39, 0.29) is 5.91 Å². The van der Waals surface area contributed by atoms with Gasteiger partial charge in [0.25, 0.3) is 0 Å². The number of hydrogen-bond acceptors (Lipinski definition) is 3. The summed E-state index contributed by atoms with van der Waals surface area (Å²) in [6.07, 6.45) is 4.35. The van der Waals surface area contributed by atoms with E-state index in [1.54, 1.807) is 17.8 Å². The van der Waals surface area contributed by atoms with Gasteiger partial charge in [0.2, 0.25) is 5.91 Å². The van der Waals surface area contributed by atoms with Gasteiger partial charge in [0, 0.05) is 12.7 Å². The predicted octanol–water partition coefficient (Wildman–Crippen LogP) is 0.588. The monoisotopic (exact) mass is 301 g/mol. The lowest BCUT2D eigenvalue weighted by atomic mass is 10.2. The molecule has 3 amide bonds. The SMILES string of the molecule is C[C@H](NC(N)=O)C(=O)NCCc1cnn(-c2ccccc2)c1. The summed E-state index contributed by atoms with van der Waals surface area (Å²) in [6.45, 7) is 2.04. The van der Waals surface area contributed by atoms with Crippen molar-refractivity contribution in [3.05, 3.63) is 48.3 Å². The molecule has 0 aliphatic heterocycles. The number of benzene rings is 1. The first kappa shape index (κ1) is 15.6. The molecule has 4 N–H and O–H groups in total. The van der Waals surface area contributed by atoms with Crippen LogP contribution >= 0.6 is 0 Å². The van der Waals surface area contributed by atoms with Crippen molar-refractivity contribution in [3.8, 4) is 5.69 Å². The van der Waals surface area contributed by atoms with Crippen LogP contribution in [0, 0.1) is 0 Å². The fraction of sp³-hybridized carbons (Fsp3) is 0.267. The lowest BCUT2D eigenvalue weighted by Gasteiger charge is -2.11. The molecule has 0 bridgehead atoms. The van der Waals surface area contributed by atoms with Crippen molar-refractivity contribution >= 4 is 11.9 Å². The van der Waals surface area contributed by atoms with Crippen LogP contribution in [0.3, 0.4) is 0 Å². The number of carbonyl (C=O) groups is 2. The maximum absolute atomic E-state index is 11.7. The van der Waals surface area contributed by atoms with E-state index in [4.69, 9.17) is 5.73 Å². The third kappa shape index (κ3) is 4.34. The number of amides is 3. The zero-order valence-corrected chi connectivity index (χ0v) is 12.3. The van der Waals surface area contributed by atoms with Gasteiger partial charge in [0.1, 0.15) is 6.04 Å². The van der Waals surface area contributed by atoms with Gasteiger partial charge in [0.05, 0.1) is 11.9 Å². The molecule has 22 heavy (non-hydrogen) atoms. The molecule has 0 aliphatic carbocycles. The topological polar surface area (TPSA) is 102 Å². The van der Waals surface area contributed by atoms with Gasteiger partial charge in [-0.2, -0.15) is 5.10 Å². The van der Waals surface area contributed by atoms with E-state index >= 15 is 0 Å². The minimum atomic E-state index is -0.716. The van der Waals surface area contributed by atoms with Crippen LogP contribution in [0.15, 0.2) is 42.7 Å². The molecule has 2 aromatic rings. The first-order valence-electron chi connectivity index (χ1n) is 6.99. The second kappa shape index (κ2) is 7.26. The van der Waals surface area contributed by atoms with Crippen LogP contribution in [-0.2, 0) is 11.2 Å². The van der Waals surface area contributed by atoms with Crippen molar-refractivity contribution in [2.45, 2.75) is 19.4 Å². The molecule has 0 unspecified atom stereocenters. The van der Waals surface area contributed by atoms with Gasteiger partial charge in [-0.1, -0.05) is 18.2 Å². The molecule has 1 aromatic heterocycles. The summed E-state index contributed by atoms with van der Waals surface area (Å²) in [5, 5.41) is 9.36. The molecule has 7 nitrogen and oxygen atoms in total. The van der Waals surface area contributed by atoms with Crippen LogP contribution in [0.1, 0.15) is 12.5 Å². The highest BCUT2D eigenvalue weighted by molar-refractivity contribution is 5.86. The average molecular weight is 301 g/mol. The zero-order chi connectivity index (χ0) is 15.9. The summed E-state index contributed by atoms with van der Waals surface area (Å²) >= 11 is 0. The summed E-state index contributed by atoms with van der Waals surface area (Å²) in [6, 6.07) is 8.42. The number of nitrogens with one attached hydrogen (secondary N) is 2. The van der Waals surface area contributed by atoms with Gasteiger partial charge in [-0.3, -0.25) is 4.79 Å². The van der Waals surface area contributed by atoms with Crippen molar-refractivity contribution in [2.75, 3.05) is 6.54 Å². The van der Waals surface area contributed by atoms with Crippen molar-refractivity contribution in [1.82, 2.24) is 20.4 Å². The number of urea groups is 1. The lowest BCUT2D eigenvalue weighted by Crippen LogP contribution is -2.47. The molecule has 0 aliphatic rings. The molecule has 7 heteroatoms. The Morgan fingerprint density at radius 1 is 1.32 bits per heavy atom. The predicted molar refractivity (Wildman–Crippen MR) is 82.5 cm³/mol. The number of rotatable bonds is 6. The highest BCUT2D eigenvalue weighted by Crippen LogP contribution is 2.07. The summed E-state index contributed by atoms with van der Waals surface area (Å²) < 4.78 is 1.79. The van der Waals surface area contributed by atoms with Crippen molar-refractivity contribution in [2.24, 2.45) is 5.73 Å². The molecular weight excluding hydrogens is 282 g/mol. The second-order valence-corrected chi connectivity index (χ2v) is 4.90. The van der Waals surface area contributed by atoms with Gasteiger partial charge in [-0.15, -0.1) is 0 Å². The zero-order valence-electron chi connectivity index (χ0n) is 12.3. The molecule has 0 saturated carbocycles. The second-order valence-electron chi connectivity index (χ2n) is 4.90. The molecule has 116 valence electrons. The normalized spacial score (nSPS) is 11.7. The Hall–Kier alpha value is -2.83. The summed E-state index contributed by atoms with van der Waals surface area (Å²) in [5.41, 5.74) is 6.96. The third-order valence-corrected chi connectivity index (χ3v) is 3.12. The van der Waals surface area contributed by atoms with Crippen molar-refractivity contribution < 1.29 is 9.59 Å². The first-order valence-corrected chi connectivity index (χ1v) is 6.99. The summed E-state index contributed by atoms with van der Waals surface area (Å²) in [5.74, 6) is -0.269. The highest BCUT2D eigenvalue weighted by Gasteiger charge is 2.13. The molecular formula is C15H19N5O2. The average Bonchev–Trinajstić information content (AvgIpc) is 2.96. The van der Waals surface area contributed by atoms with Crippen LogP contribution < -0.4 is 16.4 Å². The Kier molecular flexibility index (Phi) is 5.13. The molecule has 0 fully saturated rings. The molecule has 1 aromatic carbocycles. The number of carbonyl (C=O) groups excluding carboxylic acids is 2. The van der Waals surface area contributed by atoms with Crippen LogP contribution in [-0.4, -0.2) is 34.3 Å². The standard InChI is InChI=1S/C15H19N5O2/c1-11(19-15(16)22)14(21)17-8-7-12-9-18-20(10-12)13-5-3-2-4-6-13/h2-6,9-11H,7-8H2,1H3,(H,17,21)(H3,16,19,22)/t11-/m0/s1. The van der Waals surface area contributed by atoms with Crippen LogP contribution in [0.2, 0.25) is 0 Å². The number of nitrogens with two attached hydrogens (primary N) is 1. The lowest BCUT2D eigenvalue weighted by molar-refractivity contribution is -0.122. The van der Waals surface area contributed by atoms with Gasteiger partial charge in [-0.05, 0) is 31.0 Å². The van der Waals surface area contributed by atoms with Gasteiger partial charge < -0.3 is 16.4 Å². The fourth-order valence-electron chi connectivity index (χ4n) is 1.97. The molecule has 0 radical (unpaired) electrons. The molecule has 0 spiro atoms. The third-order valence-electron chi connectivity index (χ3n) is 3.12. The van der Waals surface area contributed by atoms with Gasteiger partial charge in [-0.25, -0.2) is 9.48 Å². The number of primary amides is 1. The van der Waals surface area contributed by atoms with Crippen molar-refractivity contribution in [1.29, 1.82) is 0 Å². The van der Waals surface area contributed by atoms with Crippen LogP contribution in [0.25, 0.3) is 5.69 Å². The van der Waals surface area contributed by atoms with E-state index in [1.807, 2.05) is 36.5 Å². The van der Waals surface area contributed by atoms with Crippen LogP contribution in [0.5, 0.6) is 0 Å².